The van der Waals surface area contributed by atoms with Crippen molar-refractivity contribution in [3.63, 3.8) is 0 Å². The quantitative estimate of drug-likeness (QED) is 0.750. The SMILES string of the molecule is CCCCN(C)C(=O)C1CCN(C(=O)C23CC4CC(CC(C4)C2)C3)CC1. The van der Waals surface area contributed by atoms with Crippen molar-refractivity contribution in [1.29, 1.82) is 0 Å². The maximum Gasteiger partial charge on any atom is 0.228 e. The van der Waals surface area contributed by atoms with Crippen LogP contribution in [0.5, 0.6) is 0 Å². The highest BCUT2D eigenvalue weighted by molar-refractivity contribution is 5.84. The van der Waals surface area contributed by atoms with Crippen molar-refractivity contribution in [2.24, 2.45) is 29.1 Å². The summed E-state index contributed by atoms with van der Waals surface area (Å²) >= 11 is 0. The summed E-state index contributed by atoms with van der Waals surface area (Å²) in [6.07, 6.45) is 11.5. The zero-order chi connectivity index (χ0) is 18.3. The Bertz CT molecular complexity index is 515. The molecule has 0 N–H and O–H groups in total. The molecule has 0 spiro atoms. The monoisotopic (exact) mass is 360 g/mol. The molecule has 0 radical (unpaired) electrons. The fourth-order valence-corrected chi connectivity index (χ4v) is 6.85. The molecule has 4 aliphatic carbocycles. The lowest BCUT2D eigenvalue weighted by Gasteiger charge is -2.57. The van der Waals surface area contributed by atoms with E-state index < -0.39 is 0 Å². The van der Waals surface area contributed by atoms with E-state index in [0.717, 1.165) is 82.3 Å². The minimum Gasteiger partial charge on any atom is -0.346 e. The molecule has 4 heteroatoms. The van der Waals surface area contributed by atoms with Crippen molar-refractivity contribution >= 4 is 11.8 Å². The third kappa shape index (κ3) is 3.29. The van der Waals surface area contributed by atoms with Gasteiger partial charge in [0.05, 0.1) is 5.41 Å². The first-order chi connectivity index (χ1) is 12.5. The van der Waals surface area contributed by atoms with Gasteiger partial charge in [0.2, 0.25) is 11.8 Å². The number of nitrogens with zero attached hydrogens (tertiary/aromatic N) is 2. The Morgan fingerprint density at radius 2 is 1.54 bits per heavy atom. The molecule has 0 aromatic heterocycles. The van der Waals surface area contributed by atoms with Crippen LogP contribution < -0.4 is 0 Å². The molecule has 1 aliphatic heterocycles. The van der Waals surface area contributed by atoms with E-state index >= 15 is 0 Å². The van der Waals surface area contributed by atoms with Crippen LogP contribution in [-0.2, 0) is 9.59 Å². The van der Waals surface area contributed by atoms with Crippen molar-refractivity contribution < 1.29 is 9.59 Å². The van der Waals surface area contributed by atoms with Crippen LogP contribution in [0, 0.1) is 29.1 Å². The lowest BCUT2D eigenvalue weighted by molar-refractivity contribution is -0.160. The van der Waals surface area contributed by atoms with Gasteiger partial charge in [0, 0.05) is 32.6 Å². The highest BCUT2D eigenvalue weighted by atomic mass is 16.2. The maximum absolute atomic E-state index is 13.4. The van der Waals surface area contributed by atoms with E-state index in [0.29, 0.717) is 11.8 Å². The number of carbonyl (C=O) groups is 2. The molecule has 0 aromatic carbocycles. The summed E-state index contributed by atoms with van der Waals surface area (Å²) < 4.78 is 0. The van der Waals surface area contributed by atoms with E-state index in [1.54, 1.807) is 0 Å². The molecule has 146 valence electrons. The molecule has 4 bridgehead atoms. The second-order valence-electron chi connectivity index (χ2n) is 9.88. The van der Waals surface area contributed by atoms with Crippen molar-refractivity contribution in [1.82, 2.24) is 9.80 Å². The Kier molecular flexibility index (Phi) is 5.04. The van der Waals surface area contributed by atoms with Gasteiger partial charge in [-0.05, 0) is 75.5 Å². The second kappa shape index (κ2) is 7.16. The number of hydrogen-bond donors (Lipinski definition) is 0. The largest absolute Gasteiger partial charge is 0.346 e. The fourth-order valence-electron chi connectivity index (χ4n) is 6.85. The summed E-state index contributed by atoms with van der Waals surface area (Å²) in [4.78, 5) is 30.1. The Morgan fingerprint density at radius 1 is 1.00 bits per heavy atom. The Hall–Kier alpha value is -1.06. The molecule has 4 nitrogen and oxygen atoms in total. The van der Waals surface area contributed by atoms with Gasteiger partial charge >= 0.3 is 0 Å². The predicted octanol–water partition coefficient (Wildman–Crippen LogP) is 3.70. The van der Waals surface area contributed by atoms with Crippen LogP contribution in [0.3, 0.4) is 0 Å². The molecule has 1 saturated heterocycles. The molecule has 0 aromatic rings. The molecule has 4 saturated carbocycles. The number of hydrogen-bond acceptors (Lipinski definition) is 2. The first kappa shape index (κ1) is 18.3. The van der Waals surface area contributed by atoms with Crippen molar-refractivity contribution in [2.45, 2.75) is 71.1 Å². The molecule has 5 rings (SSSR count). The molecular formula is C22H36N2O2. The van der Waals surface area contributed by atoms with E-state index in [1.165, 1.54) is 19.3 Å². The molecular weight excluding hydrogens is 324 g/mol. The van der Waals surface area contributed by atoms with Gasteiger partial charge in [-0.15, -0.1) is 0 Å². The first-order valence-corrected chi connectivity index (χ1v) is 11.0. The smallest absolute Gasteiger partial charge is 0.228 e. The van der Waals surface area contributed by atoms with E-state index in [-0.39, 0.29) is 11.3 Å². The van der Waals surface area contributed by atoms with E-state index in [9.17, 15) is 9.59 Å². The van der Waals surface area contributed by atoms with Crippen molar-refractivity contribution in [3.8, 4) is 0 Å². The van der Waals surface area contributed by atoms with Gasteiger partial charge in [-0.25, -0.2) is 0 Å². The zero-order valence-corrected chi connectivity index (χ0v) is 16.7. The summed E-state index contributed by atoms with van der Waals surface area (Å²) in [5.41, 5.74) is -0.0243. The lowest BCUT2D eigenvalue weighted by Crippen LogP contribution is -2.56. The maximum atomic E-state index is 13.4. The molecule has 0 atom stereocenters. The third-order valence-electron chi connectivity index (χ3n) is 7.85. The third-order valence-corrected chi connectivity index (χ3v) is 7.85. The molecule has 5 aliphatic rings. The fraction of sp³-hybridized carbons (Fsp3) is 0.909. The van der Waals surface area contributed by atoms with Gasteiger partial charge in [-0.2, -0.15) is 0 Å². The number of rotatable bonds is 5. The summed E-state index contributed by atoms with van der Waals surface area (Å²) in [6, 6.07) is 0. The van der Waals surface area contributed by atoms with Crippen LogP contribution in [-0.4, -0.2) is 48.3 Å². The highest BCUT2D eigenvalue weighted by Gasteiger charge is 2.55. The van der Waals surface area contributed by atoms with Crippen LogP contribution in [0.1, 0.15) is 71.1 Å². The Morgan fingerprint density at radius 3 is 2.04 bits per heavy atom. The predicted molar refractivity (Wildman–Crippen MR) is 102 cm³/mol. The lowest BCUT2D eigenvalue weighted by atomic mass is 9.49. The van der Waals surface area contributed by atoms with E-state index in [4.69, 9.17) is 0 Å². The minimum absolute atomic E-state index is 0.0243. The average Bonchev–Trinajstić information content (AvgIpc) is 2.64. The van der Waals surface area contributed by atoms with Gasteiger partial charge in [0.1, 0.15) is 0 Å². The highest BCUT2D eigenvalue weighted by Crippen LogP contribution is 2.60. The first-order valence-electron chi connectivity index (χ1n) is 11.0. The molecule has 5 fully saturated rings. The number of piperidine rings is 1. The minimum atomic E-state index is -0.0243. The van der Waals surface area contributed by atoms with Gasteiger partial charge in [0.25, 0.3) is 0 Å². The summed E-state index contributed by atoms with van der Waals surface area (Å²) in [5, 5.41) is 0. The second-order valence-corrected chi connectivity index (χ2v) is 9.88. The van der Waals surface area contributed by atoms with Gasteiger partial charge in [0.15, 0.2) is 0 Å². The van der Waals surface area contributed by atoms with Crippen LogP contribution in [0.15, 0.2) is 0 Å². The van der Waals surface area contributed by atoms with Crippen molar-refractivity contribution in [3.05, 3.63) is 0 Å². The zero-order valence-electron chi connectivity index (χ0n) is 16.7. The number of amides is 2. The van der Waals surface area contributed by atoms with Crippen LogP contribution in [0.4, 0.5) is 0 Å². The van der Waals surface area contributed by atoms with E-state index in [2.05, 4.69) is 11.8 Å². The number of unbranched alkanes of at least 4 members (excludes halogenated alkanes) is 1. The van der Waals surface area contributed by atoms with E-state index in [1.807, 2.05) is 11.9 Å². The molecule has 2 amide bonds. The average molecular weight is 361 g/mol. The summed E-state index contributed by atoms with van der Waals surface area (Å²) in [7, 11) is 1.94. The number of likely N-dealkylation sites (tertiary alicyclic amines) is 1. The van der Waals surface area contributed by atoms with Crippen LogP contribution in [0.25, 0.3) is 0 Å². The molecule has 1 heterocycles. The normalized spacial score (nSPS) is 36.4. The standard InChI is InChI=1S/C22H36N2O2/c1-3-4-7-23(2)20(25)19-5-8-24(9-6-19)21(26)22-13-16-10-17(14-22)12-18(11-16)15-22/h16-19H,3-15H2,1-2H3. The van der Waals surface area contributed by atoms with Crippen molar-refractivity contribution in [2.75, 3.05) is 26.7 Å². The Balaban J connectivity index is 1.33. The van der Waals surface area contributed by atoms with Crippen LogP contribution >= 0.6 is 0 Å². The topological polar surface area (TPSA) is 40.6 Å². The molecule has 26 heavy (non-hydrogen) atoms. The summed E-state index contributed by atoms with van der Waals surface area (Å²) in [5.74, 6) is 3.31. The summed E-state index contributed by atoms with van der Waals surface area (Å²) in [6.45, 7) is 4.60. The molecule has 0 unspecified atom stereocenters. The van der Waals surface area contributed by atoms with Gasteiger partial charge in [-0.1, -0.05) is 13.3 Å². The van der Waals surface area contributed by atoms with Gasteiger partial charge in [-0.3, -0.25) is 9.59 Å². The van der Waals surface area contributed by atoms with Crippen LogP contribution in [0.2, 0.25) is 0 Å². The van der Waals surface area contributed by atoms with Gasteiger partial charge < -0.3 is 9.80 Å². The number of carbonyl (C=O) groups excluding carboxylic acids is 2. The Labute approximate surface area is 158 Å².